The minimum atomic E-state index is 0. The van der Waals surface area contributed by atoms with Crippen LogP contribution in [0.3, 0.4) is 0 Å². The van der Waals surface area contributed by atoms with Crippen LogP contribution in [0.1, 0.15) is 22.3 Å². The number of halogens is 1. The summed E-state index contributed by atoms with van der Waals surface area (Å²) in [5.41, 5.74) is 1.19. The van der Waals surface area contributed by atoms with Crippen molar-refractivity contribution in [1.29, 1.82) is 0 Å². The molecule has 0 saturated carbocycles. The van der Waals surface area contributed by atoms with Gasteiger partial charge in [0.2, 0.25) is 0 Å². The second kappa shape index (κ2) is 8.53. The first-order chi connectivity index (χ1) is 11.9. The van der Waals surface area contributed by atoms with Crippen LogP contribution in [0, 0.1) is 0 Å². The third-order valence-corrected chi connectivity index (χ3v) is 5.13. The number of morpholine rings is 1. The summed E-state index contributed by atoms with van der Waals surface area (Å²) in [5.74, 6) is 0.892. The molecule has 1 unspecified atom stereocenters. The van der Waals surface area contributed by atoms with Crippen molar-refractivity contribution in [2.45, 2.75) is 12.6 Å². The van der Waals surface area contributed by atoms with Crippen LogP contribution in [0.15, 0.2) is 47.8 Å². The highest BCUT2D eigenvalue weighted by molar-refractivity contribution is 7.10. The fraction of sp³-hybridized carbons (Fsp3) is 0.353. The van der Waals surface area contributed by atoms with E-state index in [1.165, 1.54) is 10.4 Å². The highest BCUT2D eigenvalue weighted by atomic mass is 35.5. The Bertz CT molecular complexity index is 758. The van der Waals surface area contributed by atoms with Crippen LogP contribution in [0.25, 0.3) is 0 Å². The van der Waals surface area contributed by atoms with Gasteiger partial charge in [-0.3, -0.25) is 4.90 Å². The topological polar surface area (TPSA) is 56.1 Å². The van der Waals surface area contributed by atoms with Crippen molar-refractivity contribution < 1.29 is 17.1 Å². The summed E-state index contributed by atoms with van der Waals surface area (Å²) < 4.78 is 7.43. The molecule has 4 rings (SSSR count). The number of aromatic nitrogens is 4. The molecule has 1 fully saturated rings. The van der Waals surface area contributed by atoms with E-state index >= 15 is 0 Å². The number of thiophene rings is 1. The standard InChI is InChI=1S/C17H19N5OS.ClH/c1-2-5-14(6-3-1)13-22-17(18-19-20-22)16(15-7-4-12-24-15)21-8-10-23-11-9-21;/h1-7,12,16H,8-11,13H2;1H/p-1. The van der Waals surface area contributed by atoms with Crippen molar-refractivity contribution in [3.8, 4) is 0 Å². The van der Waals surface area contributed by atoms with E-state index in [2.05, 4.69) is 50.1 Å². The number of hydrogen-bond acceptors (Lipinski definition) is 6. The molecule has 0 spiro atoms. The second-order valence-electron chi connectivity index (χ2n) is 5.75. The average molecular weight is 377 g/mol. The molecule has 132 valence electrons. The van der Waals surface area contributed by atoms with Crippen LogP contribution in [-0.4, -0.2) is 51.4 Å². The Labute approximate surface area is 156 Å². The zero-order valence-electron chi connectivity index (χ0n) is 13.7. The van der Waals surface area contributed by atoms with Crippen molar-refractivity contribution in [3.05, 3.63) is 64.1 Å². The van der Waals surface area contributed by atoms with Crippen LogP contribution in [-0.2, 0) is 11.3 Å². The molecule has 3 aromatic rings. The van der Waals surface area contributed by atoms with Gasteiger partial charge in [-0.1, -0.05) is 36.4 Å². The summed E-state index contributed by atoms with van der Waals surface area (Å²) in [7, 11) is 0. The van der Waals surface area contributed by atoms with Gasteiger partial charge in [-0.05, 0) is 27.4 Å². The maximum Gasteiger partial charge on any atom is 0.174 e. The second-order valence-corrected chi connectivity index (χ2v) is 6.73. The average Bonchev–Trinajstić information content (AvgIpc) is 3.31. The van der Waals surface area contributed by atoms with Crippen LogP contribution < -0.4 is 12.4 Å². The molecule has 1 saturated heterocycles. The summed E-state index contributed by atoms with van der Waals surface area (Å²) in [6, 6.07) is 14.6. The number of nitrogens with zero attached hydrogens (tertiary/aromatic N) is 5. The van der Waals surface area contributed by atoms with Crippen molar-refractivity contribution in [2.24, 2.45) is 0 Å². The van der Waals surface area contributed by atoms with E-state index < -0.39 is 0 Å². The zero-order valence-corrected chi connectivity index (χ0v) is 15.2. The normalized spacial score (nSPS) is 16.3. The highest BCUT2D eigenvalue weighted by Crippen LogP contribution is 2.31. The molecule has 0 amide bonds. The maximum absolute atomic E-state index is 5.51. The van der Waals surface area contributed by atoms with Gasteiger partial charge in [0.25, 0.3) is 0 Å². The molecular weight excluding hydrogens is 358 g/mol. The Hall–Kier alpha value is -1.80. The number of benzene rings is 1. The van der Waals surface area contributed by atoms with E-state index in [1.807, 2.05) is 22.9 Å². The van der Waals surface area contributed by atoms with Gasteiger partial charge in [-0.25, -0.2) is 4.68 Å². The summed E-state index contributed by atoms with van der Waals surface area (Å²) in [4.78, 5) is 3.67. The predicted molar refractivity (Wildman–Crippen MR) is 91.9 cm³/mol. The number of tetrazole rings is 1. The quantitative estimate of drug-likeness (QED) is 0.584. The van der Waals surface area contributed by atoms with Gasteiger partial charge in [0.15, 0.2) is 5.82 Å². The molecule has 1 aromatic carbocycles. The lowest BCUT2D eigenvalue weighted by Crippen LogP contribution is -3.00. The van der Waals surface area contributed by atoms with E-state index in [-0.39, 0.29) is 18.4 Å². The highest BCUT2D eigenvalue weighted by Gasteiger charge is 2.29. The molecule has 6 nitrogen and oxygen atoms in total. The van der Waals surface area contributed by atoms with Crippen molar-refractivity contribution in [3.63, 3.8) is 0 Å². The Kier molecular flexibility index (Phi) is 6.14. The van der Waals surface area contributed by atoms with Gasteiger partial charge < -0.3 is 17.1 Å². The Morgan fingerprint density at radius 1 is 1.08 bits per heavy atom. The fourth-order valence-electron chi connectivity index (χ4n) is 3.03. The zero-order chi connectivity index (χ0) is 16.2. The first-order valence-corrected chi connectivity index (χ1v) is 8.95. The monoisotopic (exact) mass is 376 g/mol. The first-order valence-electron chi connectivity index (χ1n) is 8.07. The molecule has 3 heterocycles. The molecule has 0 radical (unpaired) electrons. The van der Waals surface area contributed by atoms with Gasteiger partial charge in [-0.15, -0.1) is 16.4 Å². The first kappa shape index (κ1) is 18.0. The minimum absolute atomic E-state index is 0. The minimum Gasteiger partial charge on any atom is -1.00 e. The van der Waals surface area contributed by atoms with E-state index in [4.69, 9.17) is 4.74 Å². The molecule has 0 aliphatic carbocycles. The van der Waals surface area contributed by atoms with Gasteiger partial charge in [0.1, 0.15) is 6.04 Å². The van der Waals surface area contributed by atoms with Gasteiger partial charge >= 0.3 is 0 Å². The van der Waals surface area contributed by atoms with Crippen LogP contribution in [0.5, 0.6) is 0 Å². The summed E-state index contributed by atoms with van der Waals surface area (Å²) in [6.07, 6.45) is 0. The lowest BCUT2D eigenvalue weighted by atomic mass is 10.1. The van der Waals surface area contributed by atoms with Gasteiger partial charge in [-0.2, -0.15) is 0 Å². The van der Waals surface area contributed by atoms with Crippen LogP contribution >= 0.6 is 11.3 Å². The summed E-state index contributed by atoms with van der Waals surface area (Å²) in [6.45, 7) is 3.96. The lowest BCUT2D eigenvalue weighted by Gasteiger charge is -2.33. The molecule has 1 aliphatic rings. The number of ether oxygens (including phenoxy) is 1. The number of hydrogen-bond donors (Lipinski definition) is 0. The van der Waals surface area contributed by atoms with Gasteiger partial charge in [0, 0.05) is 18.0 Å². The Morgan fingerprint density at radius 3 is 2.60 bits per heavy atom. The molecule has 1 aliphatic heterocycles. The number of rotatable bonds is 5. The van der Waals surface area contributed by atoms with E-state index in [0.29, 0.717) is 6.54 Å². The van der Waals surface area contributed by atoms with Crippen molar-refractivity contribution >= 4 is 11.3 Å². The maximum atomic E-state index is 5.51. The third kappa shape index (κ3) is 4.07. The fourth-order valence-corrected chi connectivity index (χ4v) is 3.88. The molecule has 2 aromatic heterocycles. The van der Waals surface area contributed by atoms with Crippen LogP contribution in [0.4, 0.5) is 0 Å². The molecule has 25 heavy (non-hydrogen) atoms. The van der Waals surface area contributed by atoms with E-state index in [1.54, 1.807) is 11.3 Å². The third-order valence-electron chi connectivity index (χ3n) is 4.20. The summed E-state index contributed by atoms with van der Waals surface area (Å²) in [5, 5.41) is 14.7. The molecule has 0 bridgehead atoms. The van der Waals surface area contributed by atoms with Gasteiger partial charge in [0.05, 0.1) is 19.8 Å². The SMILES string of the molecule is [Cl-].c1ccc(Cn2nnnc2C(c2cccs2)N2CCOCC2)cc1. The van der Waals surface area contributed by atoms with Crippen LogP contribution in [0.2, 0.25) is 0 Å². The summed E-state index contributed by atoms with van der Waals surface area (Å²) >= 11 is 1.75. The Balaban J connectivity index is 0.00000182. The van der Waals surface area contributed by atoms with Crippen molar-refractivity contribution in [2.75, 3.05) is 26.3 Å². The largest absolute Gasteiger partial charge is 1.00 e. The van der Waals surface area contributed by atoms with E-state index in [9.17, 15) is 0 Å². The predicted octanol–water partition coefficient (Wildman–Crippen LogP) is -0.791. The van der Waals surface area contributed by atoms with E-state index in [0.717, 1.165) is 32.1 Å². The molecule has 8 heteroatoms. The Morgan fingerprint density at radius 2 is 1.88 bits per heavy atom. The molecular formula is C17H19ClN5OS-. The lowest BCUT2D eigenvalue weighted by molar-refractivity contribution is -0.00000722. The smallest absolute Gasteiger partial charge is 0.174 e. The van der Waals surface area contributed by atoms with Crippen molar-refractivity contribution in [1.82, 2.24) is 25.1 Å². The molecule has 0 N–H and O–H groups in total. The molecule has 1 atom stereocenters.